The van der Waals surface area contributed by atoms with Gasteiger partial charge in [-0.15, -0.1) is 0 Å². The van der Waals surface area contributed by atoms with Crippen molar-refractivity contribution in [2.45, 2.75) is 25.2 Å². The molecular formula is C50H32N4O. The van der Waals surface area contributed by atoms with Crippen LogP contribution >= 0.6 is 0 Å². The standard InChI is InChI=1S/C50H32N4O/c1-3-12-31(13-4-1)48-52-49(32-14-5-2-6-15-32)54-50(53-48)41-20-11-21-46-47(41)43-29-34(24-27-45(43)55-46)44-26-23-35(30-51-44)33-22-25-40-38-18-8-7-16-36(38)37-17-9-10-19-39(37)42(40)28-33/h1,3-4,7-12,14,16-31H,2,5,13H2. The number of rotatable bonds is 5. The molecule has 0 N–H and O–H groups in total. The van der Waals surface area contributed by atoms with Gasteiger partial charge in [-0.1, -0.05) is 121 Å². The summed E-state index contributed by atoms with van der Waals surface area (Å²) in [5.41, 5.74) is 7.45. The van der Waals surface area contributed by atoms with Crippen LogP contribution < -0.4 is 0 Å². The highest BCUT2D eigenvalue weighted by atomic mass is 16.3. The fourth-order valence-corrected chi connectivity index (χ4v) is 8.21. The zero-order valence-corrected chi connectivity index (χ0v) is 29.8. The smallest absolute Gasteiger partial charge is 0.171 e. The van der Waals surface area contributed by atoms with Crippen LogP contribution in [0.3, 0.4) is 0 Å². The van der Waals surface area contributed by atoms with E-state index in [1.165, 1.54) is 32.3 Å². The number of furan rings is 1. The SMILES string of the molecule is C1#CC(c2nc(-c3cccc4oc5ccc(-c6ccc(-c7ccc8c9ccccc9c9ccccc9c8c7)cn6)cc5c34)nc(C3C=CC=CC3)n2)=CCC1. The molecule has 5 nitrogen and oxygen atoms in total. The van der Waals surface area contributed by atoms with Crippen LogP contribution in [0.2, 0.25) is 0 Å². The molecule has 9 aromatic rings. The molecule has 1 unspecified atom stereocenters. The first-order valence-corrected chi connectivity index (χ1v) is 18.8. The van der Waals surface area contributed by atoms with E-state index in [9.17, 15) is 0 Å². The van der Waals surface area contributed by atoms with Crippen molar-refractivity contribution < 1.29 is 4.42 Å². The molecule has 11 rings (SSSR count). The van der Waals surface area contributed by atoms with E-state index in [2.05, 4.69) is 139 Å². The minimum atomic E-state index is 0.0671. The second-order valence-corrected chi connectivity index (χ2v) is 14.2. The maximum Gasteiger partial charge on any atom is 0.171 e. The minimum absolute atomic E-state index is 0.0671. The van der Waals surface area contributed by atoms with Crippen molar-refractivity contribution in [2.24, 2.45) is 0 Å². The summed E-state index contributed by atoms with van der Waals surface area (Å²) in [6.45, 7) is 0. The topological polar surface area (TPSA) is 64.7 Å². The van der Waals surface area contributed by atoms with Crippen LogP contribution in [0.15, 0.2) is 156 Å². The van der Waals surface area contributed by atoms with Gasteiger partial charge in [-0.25, -0.2) is 15.0 Å². The van der Waals surface area contributed by atoms with Gasteiger partial charge < -0.3 is 4.42 Å². The van der Waals surface area contributed by atoms with Gasteiger partial charge in [0, 0.05) is 46.0 Å². The lowest BCUT2D eigenvalue weighted by molar-refractivity contribution is 0.669. The van der Waals surface area contributed by atoms with Crippen LogP contribution in [0, 0.1) is 11.8 Å². The van der Waals surface area contributed by atoms with Gasteiger partial charge >= 0.3 is 0 Å². The number of pyridine rings is 1. The predicted octanol–water partition coefficient (Wildman–Crippen LogP) is 12.4. The van der Waals surface area contributed by atoms with Crippen molar-refractivity contribution >= 4 is 59.8 Å². The van der Waals surface area contributed by atoms with E-state index in [0.29, 0.717) is 11.6 Å². The summed E-state index contributed by atoms with van der Waals surface area (Å²) in [7, 11) is 0. The van der Waals surface area contributed by atoms with Crippen LogP contribution in [0.4, 0.5) is 0 Å². The Balaban J connectivity index is 0.999. The Kier molecular flexibility index (Phi) is 7.28. The van der Waals surface area contributed by atoms with Crippen LogP contribution in [0.5, 0.6) is 0 Å². The van der Waals surface area contributed by atoms with Gasteiger partial charge in [0.2, 0.25) is 0 Å². The molecule has 5 heteroatoms. The molecule has 2 aliphatic rings. The fourth-order valence-electron chi connectivity index (χ4n) is 8.21. The molecule has 0 amide bonds. The number of hydrogen-bond acceptors (Lipinski definition) is 5. The number of hydrogen-bond donors (Lipinski definition) is 0. The van der Waals surface area contributed by atoms with Gasteiger partial charge in [0.25, 0.3) is 0 Å². The van der Waals surface area contributed by atoms with E-state index >= 15 is 0 Å². The molecule has 258 valence electrons. The molecular weight excluding hydrogens is 673 g/mol. The average molecular weight is 705 g/mol. The molecule has 0 saturated heterocycles. The Hall–Kier alpha value is -7.16. The Morgan fingerprint density at radius 3 is 2.09 bits per heavy atom. The summed E-state index contributed by atoms with van der Waals surface area (Å²) >= 11 is 0. The molecule has 55 heavy (non-hydrogen) atoms. The summed E-state index contributed by atoms with van der Waals surface area (Å²) in [5, 5.41) is 9.55. The van der Waals surface area contributed by atoms with E-state index in [4.69, 9.17) is 24.4 Å². The molecule has 6 aromatic carbocycles. The average Bonchev–Trinajstić information content (AvgIpc) is 3.65. The zero-order valence-electron chi connectivity index (χ0n) is 29.8. The zero-order chi connectivity index (χ0) is 36.3. The molecule has 3 aromatic heterocycles. The highest BCUT2D eigenvalue weighted by molar-refractivity contribution is 6.25. The number of nitrogens with zero attached hydrogens (tertiary/aromatic N) is 4. The summed E-state index contributed by atoms with van der Waals surface area (Å²) in [4.78, 5) is 20.1. The highest BCUT2D eigenvalue weighted by Gasteiger charge is 2.21. The molecule has 0 fully saturated rings. The number of aromatic nitrogens is 4. The maximum absolute atomic E-state index is 6.42. The van der Waals surface area contributed by atoms with Crippen molar-refractivity contribution in [1.29, 1.82) is 0 Å². The molecule has 0 aliphatic heterocycles. The molecule has 0 radical (unpaired) electrons. The molecule has 3 heterocycles. The molecule has 0 saturated carbocycles. The van der Waals surface area contributed by atoms with Gasteiger partial charge in [0.05, 0.1) is 11.3 Å². The summed E-state index contributed by atoms with van der Waals surface area (Å²) < 4.78 is 6.42. The van der Waals surface area contributed by atoms with Crippen molar-refractivity contribution in [1.82, 2.24) is 19.9 Å². The van der Waals surface area contributed by atoms with Crippen molar-refractivity contribution in [3.05, 3.63) is 163 Å². The largest absolute Gasteiger partial charge is 0.456 e. The normalized spacial score (nSPS) is 15.2. The third-order valence-corrected chi connectivity index (χ3v) is 10.9. The van der Waals surface area contributed by atoms with Crippen LogP contribution in [-0.4, -0.2) is 19.9 Å². The molecule has 1 atom stereocenters. The quantitative estimate of drug-likeness (QED) is 0.132. The van der Waals surface area contributed by atoms with Crippen molar-refractivity contribution in [3.8, 4) is 45.6 Å². The lowest BCUT2D eigenvalue weighted by Gasteiger charge is -2.15. The van der Waals surface area contributed by atoms with Crippen LogP contribution in [-0.2, 0) is 0 Å². The Morgan fingerprint density at radius 2 is 1.35 bits per heavy atom. The molecule has 0 spiro atoms. The van der Waals surface area contributed by atoms with Gasteiger partial charge in [-0.2, -0.15) is 0 Å². The fraction of sp³-hybridized carbons (Fsp3) is 0.0800. The van der Waals surface area contributed by atoms with E-state index < -0.39 is 0 Å². The van der Waals surface area contributed by atoms with E-state index in [1.807, 2.05) is 24.4 Å². The summed E-state index contributed by atoms with van der Waals surface area (Å²) in [5.74, 6) is 8.55. The van der Waals surface area contributed by atoms with Gasteiger partial charge in [0.1, 0.15) is 17.0 Å². The first kappa shape index (κ1) is 31.4. The van der Waals surface area contributed by atoms with Crippen LogP contribution in [0.1, 0.15) is 36.8 Å². The van der Waals surface area contributed by atoms with E-state index in [1.54, 1.807) is 0 Å². The second-order valence-electron chi connectivity index (χ2n) is 14.2. The Labute approximate surface area is 317 Å². The molecule has 2 aliphatic carbocycles. The Bertz CT molecular complexity index is 3160. The summed E-state index contributed by atoms with van der Waals surface area (Å²) in [6.07, 6.45) is 15.1. The molecule has 0 bridgehead atoms. The van der Waals surface area contributed by atoms with Crippen LogP contribution in [0.25, 0.3) is 93.6 Å². The van der Waals surface area contributed by atoms with Gasteiger partial charge in [-0.3, -0.25) is 4.98 Å². The number of allylic oxidation sites excluding steroid dienone is 6. The highest BCUT2D eigenvalue weighted by Crippen LogP contribution is 2.40. The van der Waals surface area contributed by atoms with Gasteiger partial charge in [0.15, 0.2) is 11.6 Å². The predicted molar refractivity (Wildman–Crippen MR) is 224 cm³/mol. The number of benzene rings is 6. The lowest BCUT2D eigenvalue weighted by Crippen LogP contribution is -2.09. The van der Waals surface area contributed by atoms with E-state index in [0.717, 1.165) is 80.5 Å². The maximum atomic E-state index is 6.42. The summed E-state index contributed by atoms with van der Waals surface area (Å²) in [6, 6.07) is 40.8. The second kappa shape index (κ2) is 12.8. The first-order chi connectivity index (χ1) is 27.2. The van der Waals surface area contributed by atoms with Crippen molar-refractivity contribution in [2.75, 3.05) is 0 Å². The number of fused-ring (bicyclic) bond motifs is 9. The first-order valence-electron chi connectivity index (χ1n) is 18.8. The third kappa shape index (κ3) is 5.34. The minimum Gasteiger partial charge on any atom is -0.456 e. The Morgan fingerprint density at radius 1 is 0.600 bits per heavy atom. The van der Waals surface area contributed by atoms with Crippen molar-refractivity contribution in [3.63, 3.8) is 0 Å². The lowest BCUT2D eigenvalue weighted by atomic mass is 9.92. The van der Waals surface area contributed by atoms with Gasteiger partial charge in [-0.05, 0) is 87.1 Å². The van der Waals surface area contributed by atoms with E-state index in [-0.39, 0.29) is 5.92 Å². The monoisotopic (exact) mass is 704 g/mol. The third-order valence-electron chi connectivity index (χ3n) is 10.9.